The van der Waals surface area contributed by atoms with Crippen LogP contribution in [-0.2, 0) is 17.3 Å². The fourth-order valence-electron chi connectivity index (χ4n) is 2.50. The Kier molecular flexibility index (Phi) is 6.34. The molecule has 0 aliphatic carbocycles. The number of carbonyl (C=O) groups excluding carboxylic acids is 1. The van der Waals surface area contributed by atoms with Crippen molar-refractivity contribution in [3.63, 3.8) is 0 Å². The molecule has 1 aromatic heterocycles. The Balaban J connectivity index is 1.74. The van der Waals surface area contributed by atoms with Crippen LogP contribution < -0.4 is 5.32 Å². The number of hydrogen-bond donors (Lipinski definition) is 1. The lowest BCUT2D eigenvalue weighted by atomic mass is 10.3. The van der Waals surface area contributed by atoms with Gasteiger partial charge in [-0.3, -0.25) is 9.11 Å². The van der Waals surface area contributed by atoms with E-state index in [2.05, 4.69) is 15.2 Å². The number of carbonyl (C=O) groups is 1. The van der Waals surface area contributed by atoms with Gasteiger partial charge in [0.2, 0.25) is 0 Å². The van der Waals surface area contributed by atoms with Crippen molar-refractivity contribution in [2.75, 3.05) is 38.2 Å². The van der Waals surface area contributed by atoms with Crippen molar-refractivity contribution >= 4 is 28.2 Å². The van der Waals surface area contributed by atoms with Crippen molar-refractivity contribution in [1.82, 2.24) is 20.1 Å². The van der Waals surface area contributed by atoms with Crippen LogP contribution in [0, 0.1) is 6.92 Å². The highest BCUT2D eigenvalue weighted by atomic mass is 32.2. The summed E-state index contributed by atoms with van der Waals surface area (Å²) in [4.78, 5) is 21.9. The van der Waals surface area contributed by atoms with Gasteiger partial charge in [-0.15, -0.1) is 11.3 Å². The number of aromatic nitrogens is 1. The average Bonchev–Trinajstić information content (AvgIpc) is 2.83. The van der Waals surface area contributed by atoms with Crippen LogP contribution in [0.25, 0.3) is 0 Å². The molecule has 22 heavy (non-hydrogen) atoms. The molecule has 2 heterocycles. The van der Waals surface area contributed by atoms with E-state index in [1.165, 1.54) is 4.88 Å². The summed E-state index contributed by atoms with van der Waals surface area (Å²) < 4.78 is 11.2. The number of nitrogens with zero attached hydrogens (tertiary/aromatic N) is 3. The Labute approximate surface area is 138 Å². The Bertz CT molecular complexity index is 527. The Morgan fingerprint density at radius 1 is 1.45 bits per heavy atom. The number of thiazole rings is 1. The second-order valence-electron chi connectivity index (χ2n) is 5.70. The maximum absolute atomic E-state index is 12.1. The smallest absolute Gasteiger partial charge is 0.317 e. The summed E-state index contributed by atoms with van der Waals surface area (Å²) in [7, 11) is -0.890. The third-order valence-electron chi connectivity index (χ3n) is 3.56. The van der Waals surface area contributed by atoms with Gasteiger partial charge in [-0.05, 0) is 13.8 Å². The van der Waals surface area contributed by atoms with Gasteiger partial charge in [-0.1, -0.05) is 0 Å². The molecule has 124 valence electrons. The molecular formula is C14H24N4O2S2. The second kappa shape index (κ2) is 8.03. The highest BCUT2D eigenvalue weighted by Crippen LogP contribution is 2.15. The minimum Gasteiger partial charge on any atom is -0.335 e. The SMILES string of the molecule is Cc1ncc(CN2CCN(C(=O)NC(C)CS(C)=O)CC2)s1. The maximum atomic E-state index is 12.1. The summed E-state index contributed by atoms with van der Waals surface area (Å²) in [5, 5.41) is 4.01. The van der Waals surface area contributed by atoms with Crippen molar-refractivity contribution in [2.45, 2.75) is 26.4 Å². The Hall–Kier alpha value is -0.990. The van der Waals surface area contributed by atoms with Crippen LogP contribution in [-0.4, -0.2) is 69.3 Å². The lowest BCUT2D eigenvalue weighted by Crippen LogP contribution is -2.53. The Morgan fingerprint density at radius 3 is 2.68 bits per heavy atom. The van der Waals surface area contributed by atoms with Crippen molar-refractivity contribution in [1.29, 1.82) is 0 Å². The number of hydrogen-bond acceptors (Lipinski definition) is 5. The van der Waals surface area contributed by atoms with Crippen molar-refractivity contribution in [3.05, 3.63) is 16.1 Å². The van der Waals surface area contributed by atoms with Crippen LogP contribution in [0.2, 0.25) is 0 Å². The summed E-state index contributed by atoms with van der Waals surface area (Å²) in [6, 6.07) is -0.109. The topological polar surface area (TPSA) is 65.5 Å². The zero-order valence-corrected chi connectivity index (χ0v) is 15.0. The molecule has 0 saturated carbocycles. The third-order valence-corrected chi connectivity index (χ3v) is 5.43. The van der Waals surface area contributed by atoms with E-state index in [0.717, 1.165) is 37.7 Å². The predicted octanol–water partition coefficient (Wildman–Crippen LogP) is 1.05. The van der Waals surface area contributed by atoms with E-state index in [9.17, 15) is 9.00 Å². The van der Waals surface area contributed by atoms with Crippen LogP contribution in [0.3, 0.4) is 0 Å². The molecule has 0 spiro atoms. The molecule has 0 radical (unpaired) electrons. The zero-order chi connectivity index (χ0) is 16.1. The first-order valence-electron chi connectivity index (χ1n) is 7.43. The molecule has 2 amide bonds. The van der Waals surface area contributed by atoms with Gasteiger partial charge in [-0.25, -0.2) is 9.78 Å². The van der Waals surface area contributed by atoms with E-state index in [-0.39, 0.29) is 12.1 Å². The van der Waals surface area contributed by atoms with E-state index in [1.807, 2.05) is 24.9 Å². The monoisotopic (exact) mass is 344 g/mol. The van der Waals surface area contributed by atoms with Gasteiger partial charge in [0.15, 0.2) is 0 Å². The van der Waals surface area contributed by atoms with Crippen molar-refractivity contribution < 1.29 is 9.00 Å². The normalized spacial score (nSPS) is 19.0. The highest BCUT2D eigenvalue weighted by Gasteiger charge is 2.22. The summed E-state index contributed by atoms with van der Waals surface area (Å²) in [6.07, 6.45) is 3.59. The summed E-state index contributed by atoms with van der Waals surface area (Å²) >= 11 is 1.73. The molecule has 1 aromatic rings. The van der Waals surface area contributed by atoms with Crippen molar-refractivity contribution in [2.24, 2.45) is 0 Å². The predicted molar refractivity (Wildman–Crippen MR) is 90.6 cm³/mol. The minimum absolute atomic E-state index is 0.0498. The van der Waals surface area contributed by atoms with Gasteiger partial charge in [-0.2, -0.15) is 0 Å². The lowest BCUT2D eigenvalue weighted by Gasteiger charge is -2.35. The fourth-order valence-corrected chi connectivity index (χ4v) is 4.13. The zero-order valence-electron chi connectivity index (χ0n) is 13.4. The van der Waals surface area contributed by atoms with Crippen LogP contribution >= 0.6 is 11.3 Å². The molecule has 0 bridgehead atoms. The maximum Gasteiger partial charge on any atom is 0.317 e. The van der Waals surface area contributed by atoms with Crippen LogP contribution in [0.15, 0.2) is 6.20 Å². The molecule has 2 unspecified atom stereocenters. The molecule has 6 nitrogen and oxygen atoms in total. The highest BCUT2D eigenvalue weighted by molar-refractivity contribution is 7.84. The number of nitrogens with one attached hydrogen (secondary N) is 1. The summed E-state index contributed by atoms with van der Waals surface area (Å²) in [6.45, 7) is 8.02. The molecule has 1 N–H and O–H groups in total. The Morgan fingerprint density at radius 2 is 2.14 bits per heavy atom. The number of rotatable bonds is 5. The van der Waals surface area contributed by atoms with Gasteiger partial charge >= 0.3 is 6.03 Å². The quantitative estimate of drug-likeness (QED) is 0.867. The number of amides is 2. The number of urea groups is 1. The standard InChI is InChI=1S/C14H24N4O2S2/c1-11(10-22(3)20)16-14(19)18-6-4-17(5-7-18)9-13-8-15-12(2)21-13/h8,11H,4-7,9-10H2,1-3H3,(H,16,19). The molecule has 1 aliphatic rings. The molecule has 2 rings (SSSR count). The van der Waals surface area contributed by atoms with Gasteiger partial charge in [0.25, 0.3) is 0 Å². The minimum atomic E-state index is -0.890. The van der Waals surface area contributed by atoms with Gasteiger partial charge in [0, 0.05) is 72.6 Å². The molecule has 1 saturated heterocycles. The van der Waals surface area contributed by atoms with E-state index >= 15 is 0 Å². The molecule has 2 atom stereocenters. The van der Waals surface area contributed by atoms with Gasteiger partial charge in [0.05, 0.1) is 5.01 Å². The summed E-state index contributed by atoms with van der Waals surface area (Å²) in [5.41, 5.74) is 0. The molecular weight excluding hydrogens is 320 g/mol. The second-order valence-corrected chi connectivity index (χ2v) is 8.50. The van der Waals surface area contributed by atoms with Crippen molar-refractivity contribution in [3.8, 4) is 0 Å². The molecule has 1 aliphatic heterocycles. The van der Waals surface area contributed by atoms with E-state index < -0.39 is 10.8 Å². The van der Waals surface area contributed by atoms with Crippen LogP contribution in [0.5, 0.6) is 0 Å². The first-order valence-corrected chi connectivity index (χ1v) is 9.97. The first-order chi connectivity index (χ1) is 10.4. The number of aryl methyl sites for hydroxylation is 1. The number of piperazine rings is 1. The van der Waals surface area contributed by atoms with E-state index in [1.54, 1.807) is 17.6 Å². The molecule has 1 fully saturated rings. The van der Waals surface area contributed by atoms with E-state index in [4.69, 9.17) is 0 Å². The van der Waals surface area contributed by atoms with Gasteiger partial charge < -0.3 is 10.2 Å². The molecule has 0 aromatic carbocycles. The van der Waals surface area contributed by atoms with Gasteiger partial charge in [0.1, 0.15) is 0 Å². The lowest BCUT2D eigenvalue weighted by molar-refractivity contribution is 0.134. The first kappa shape index (κ1) is 17.4. The fraction of sp³-hybridized carbons (Fsp3) is 0.714. The average molecular weight is 345 g/mol. The molecule has 8 heteroatoms. The van der Waals surface area contributed by atoms with Crippen LogP contribution in [0.4, 0.5) is 4.79 Å². The van der Waals surface area contributed by atoms with Crippen LogP contribution in [0.1, 0.15) is 16.8 Å². The van der Waals surface area contributed by atoms with E-state index in [0.29, 0.717) is 5.75 Å². The largest absolute Gasteiger partial charge is 0.335 e. The third kappa shape index (κ3) is 5.33. The summed E-state index contributed by atoms with van der Waals surface area (Å²) in [5.74, 6) is 0.496.